The summed E-state index contributed by atoms with van der Waals surface area (Å²) in [5, 5.41) is 3.32. The first-order chi connectivity index (χ1) is 12.1. The maximum absolute atomic E-state index is 12.6. The van der Waals surface area contributed by atoms with Crippen molar-refractivity contribution in [3.8, 4) is 0 Å². The van der Waals surface area contributed by atoms with Crippen LogP contribution in [0.1, 0.15) is 44.1 Å². The van der Waals surface area contributed by atoms with Gasteiger partial charge in [0.2, 0.25) is 0 Å². The third kappa shape index (κ3) is 2.87. The van der Waals surface area contributed by atoms with Gasteiger partial charge in [-0.2, -0.15) is 0 Å². The highest BCUT2D eigenvalue weighted by molar-refractivity contribution is 7.17. The van der Waals surface area contributed by atoms with E-state index in [9.17, 15) is 9.59 Å². The van der Waals surface area contributed by atoms with Gasteiger partial charge < -0.3 is 11.1 Å². The minimum Gasteiger partial charge on any atom is -0.365 e. The number of fused-ring (bicyclic) bond motifs is 2. The Labute approximate surface area is 148 Å². The van der Waals surface area contributed by atoms with E-state index in [1.54, 1.807) is 6.07 Å². The summed E-state index contributed by atoms with van der Waals surface area (Å²) in [4.78, 5) is 34.2. The first-order valence-corrected chi connectivity index (χ1v) is 8.92. The van der Waals surface area contributed by atoms with Crippen molar-refractivity contribution in [2.45, 2.75) is 25.7 Å². The third-order valence-corrected chi connectivity index (χ3v) is 5.53. The maximum Gasteiger partial charge on any atom is 0.276 e. The Morgan fingerprint density at radius 2 is 1.88 bits per heavy atom. The van der Waals surface area contributed by atoms with Crippen molar-refractivity contribution in [3.05, 3.63) is 52.2 Å². The van der Waals surface area contributed by atoms with E-state index in [1.807, 2.05) is 18.2 Å². The lowest BCUT2D eigenvalue weighted by Crippen LogP contribution is -2.19. The molecule has 4 rings (SSSR count). The van der Waals surface area contributed by atoms with Gasteiger partial charge in [-0.3, -0.25) is 14.6 Å². The van der Waals surface area contributed by atoms with Gasteiger partial charge in [-0.1, -0.05) is 12.1 Å². The third-order valence-electron chi connectivity index (χ3n) is 4.33. The van der Waals surface area contributed by atoms with Gasteiger partial charge in [0.1, 0.15) is 10.7 Å². The van der Waals surface area contributed by atoms with Gasteiger partial charge in [-0.25, -0.2) is 4.98 Å². The van der Waals surface area contributed by atoms with Gasteiger partial charge >= 0.3 is 0 Å². The van der Waals surface area contributed by atoms with Gasteiger partial charge in [0.05, 0.1) is 22.8 Å². The Kier molecular flexibility index (Phi) is 3.93. The highest BCUT2D eigenvalue weighted by Gasteiger charge is 2.25. The molecule has 3 aromatic rings. The molecule has 2 amide bonds. The Morgan fingerprint density at radius 1 is 1.12 bits per heavy atom. The average Bonchev–Trinajstić information content (AvgIpc) is 2.99. The average molecular weight is 352 g/mol. The van der Waals surface area contributed by atoms with E-state index in [1.165, 1.54) is 17.5 Å². The number of benzene rings is 1. The van der Waals surface area contributed by atoms with Crippen molar-refractivity contribution in [1.82, 2.24) is 9.97 Å². The Balaban J connectivity index is 1.68. The molecule has 0 radical (unpaired) electrons. The van der Waals surface area contributed by atoms with Crippen LogP contribution in [-0.4, -0.2) is 21.8 Å². The fourth-order valence-electron chi connectivity index (χ4n) is 3.15. The highest BCUT2D eigenvalue weighted by atomic mass is 32.1. The molecule has 0 bridgehead atoms. The summed E-state index contributed by atoms with van der Waals surface area (Å²) in [6.07, 6.45) is 5.32. The molecule has 2 aromatic heterocycles. The second-order valence-corrected chi connectivity index (χ2v) is 7.08. The van der Waals surface area contributed by atoms with Crippen molar-refractivity contribution in [1.29, 1.82) is 0 Å². The van der Waals surface area contributed by atoms with Gasteiger partial charge in [0.25, 0.3) is 11.8 Å². The fraction of sp³-hybridized carbons (Fsp3) is 0.222. The van der Waals surface area contributed by atoms with Crippen LogP contribution in [0.15, 0.2) is 30.5 Å². The lowest BCUT2D eigenvalue weighted by Gasteiger charge is -2.11. The molecule has 1 aliphatic rings. The van der Waals surface area contributed by atoms with Crippen LogP contribution in [-0.2, 0) is 12.8 Å². The van der Waals surface area contributed by atoms with Gasteiger partial charge in [0, 0.05) is 4.88 Å². The number of hydrogen-bond donors (Lipinski definition) is 2. The number of aromatic nitrogens is 2. The van der Waals surface area contributed by atoms with Crippen LogP contribution in [0, 0.1) is 0 Å². The van der Waals surface area contributed by atoms with Gasteiger partial charge in [-0.15, -0.1) is 11.3 Å². The zero-order chi connectivity index (χ0) is 17.4. The second kappa shape index (κ2) is 6.25. The number of primary amides is 1. The smallest absolute Gasteiger partial charge is 0.276 e. The van der Waals surface area contributed by atoms with E-state index in [0.29, 0.717) is 16.1 Å². The number of aryl methyl sites for hydroxylation is 1. The number of thiophene rings is 1. The number of rotatable bonds is 3. The van der Waals surface area contributed by atoms with Gasteiger partial charge in [0.15, 0.2) is 0 Å². The van der Waals surface area contributed by atoms with Crippen molar-refractivity contribution in [2.24, 2.45) is 5.73 Å². The Hall–Kier alpha value is -2.80. The molecule has 0 atom stereocenters. The van der Waals surface area contributed by atoms with E-state index in [-0.39, 0.29) is 11.6 Å². The number of carbonyl (C=O) groups excluding carboxylic acids is 2. The van der Waals surface area contributed by atoms with E-state index in [0.717, 1.165) is 41.6 Å². The van der Waals surface area contributed by atoms with Crippen LogP contribution in [0.25, 0.3) is 11.0 Å². The zero-order valence-corrected chi connectivity index (χ0v) is 14.2. The monoisotopic (exact) mass is 352 g/mol. The molecule has 126 valence electrons. The summed E-state index contributed by atoms with van der Waals surface area (Å²) >= 11 is 1.44. The normalized spacial score (nSPS) is 13.4. The summed E-state index contributed by atoms with van der Waals surface area (Å²) in [6, 6.07) is 7.35. The molecule has 0 unspecified atom stereocenters. The molecule has 0 aliphatic heterocycles. The molecular weight excluding hydrogens is 336 g/mol. The summed E-state index contributed by atoms with van der Waals surface area (Å²) < 4.78 is 0. The molecule has 1 aliphatic carbocycles. The Bertz CT molecular complexity index is 996. The molecule has 3 N–H and O–H groups in total. The molecular formula is C18H16N4O2S. The molecule has 1 aromatic carbocycles. The summed E-state index contributed by atoms with van der Waals surface area (Å²) in [7, 11) is 0. The summed E-state index contributed by atoms with van der Waals surface area (Å²) in [6.45, 7) is 0. The number of para-hydroxylation sites is 2. The van der Waals surface area contributed by atoms with Crippen LogP contribution < -0.4 is 11.1 Å². The summed E-state index contributed by atoms with van der Waals surface area (Å²) in [5.74, 6) is -0.890. The predicted octanol–water partition coefficient (Wildman–Crippen LogP) is 2.92. The summed E-state index contributed by atoms with van der Waals surface area (Å²) in [5.41, 5.74) is 8.58. The number of anilines is 1. The number of amides is 2. The van der Waals surface area contributed by atoms with E-state index in [2.05, 4.69) is 15.3 Å². The van der Waals surface area contributed by atoms with Crippen molar-refractivity contribution in [2.75, 3.05) is 5.32 Å². The number of nitrogens with one attached hydrogen (secondary N) is 1. The maximum atomic E-state index is 12.6. The minimum absolute atomic E-state index is 0.209. The fourth-order valence-corrected chi connectivity index (χ4v) is 4.44. The standard InChI is InChI=1S/C18H16N4O2S/c19-16(23)15-10-5-1-4-8-14(10)25-18(15)22-17(24)13-9-20-11-6-2-3-7-12(11)21-13/h2-3,6-7,9H,1,4-5,8H2,(H2,19,23)(H,22,24). The molecule has 0 saturated carbocycles. The van der Waals surface area contributed by atoms with Crippen LogP contribution in [0.5, 0.6) is 0 Å². The van der Waals surface area contributed by atoms with E-state index in [4.69, 9.17) is 5.73 Å². The SMILES string of the molecule is NC(=O)c1c(NC(=O)c2cnc3ccccc3n2)sc2c1CCCC2. The van der Waals surface area contributed by atoms with Crippen LogP contribution in [0.3, 0.4) is 0 Å². The van der Waals surface area contributed by atoms with Crippen LogP contribution >= 0.6 is 11.3 Å². The number of hydrogen-bond acceptors (Lipinski definition) is 5. The first-order valence-electron chi connectivity index (χ1n) is 8.11. The molecule has 0 spiro atoms. The van der Waals surface area contributed by atoms with Crippen molar-refractivity contribution < 1.29 is 9.59 Å². The van der Waals surface area contributed by atoms with Crippen LogP contribution in [0.4, 0.5) is 5.00 Å². The molecule has 25 heavy (non-hydrogen) atoms. The highest BCUT2D eigenvalue weighted by Crippen LogP contribution is 2.38. The molecule has 0 saturated heterocycles. The number of carbonyl (C=O) groups is 2. The largest absolute Gasteiger partial charge is 0.365 e. The zero-order valence-electron chi connectivity index (χ0n) is 13.4. The lowest BCUT2D eigenvalue weighted by molar-refractivity contribution is 0.100. The Morgan fingerprint density at radius 3 is 2.68 bits per heavy atom. The molecule has 7 heteroatoms. The van der Waals surface area contributed by atoms with E-state index < -0.39 is 5.91 Å². The van der Waals surface area contributed by atoms with Crippen LogP contribution in [0.2, 0.25) is 0 Å². The number of nitrogens with two attached hydrogens (primary N) is 1. The lowest BCUT2D eigenvalue weighted by atomic mass is 9.95. The minimum atomic E-state index is -0.501. The quantitative estimate of drug-likeness (QED) is 0.757. The first kappa shape index (κ1) is 15.7. The predicted molar refractivity (Wildman–Crippen MR) is 97.0 cm³/mol. The molecule has 2 heterocycles. The van der Waals surface area contributed by atoms with Crippen molar-refractivity contribution in [3.63, 3.8) is 0 Å². The second-order valence-electron chi connectivity index (χ2n) is 5.98. The van der Waals surface area contributed by atoms with Crippen molar-refractivity contribution >= 4 is 39.2 Å². The van der Waals surface area contributed by atoms with Gasteiger partial charge in [-0.05, 0) is 43.4 Å². The van der Waals surface area contributed by atoms with E-state index >= 15 is 0 Å². The molecule has 6 nitrogen and oxygen atoms in total. The molecule has 0 fully saturated rings. The number of nitrogens with zero attached hydrogens (tertiary/aromatic N) is 2. The topological polar surface area (TPSA) is 98.0 Å².